The van der Waals surface area contributed by atoms with Gasteiger partial charge >= 0.3 is 0 Å². The highest BCUT2D eigenvalue weighted by molar-refractivity contribution is 5.80. The second-order valence-electron chi connectivity index (χ2n) is 4.18. The van der Waals surface area contributed by atoms with E-state index in [2.05, 4.69) is 11.9 Å². The van der Waals surface area contributed by atoms with Crippen molar-refractivity contribution in [1.29, 1.82) is 0 Å². The van der Waals surface area contributed by atoms with Crippen LogP contribution in [0, 0.1) is 5.92 Å². The summed E-state index contributed by atoms with van der Waals surface area (Å²) in [6.45, 7) is 3.02. The summed E-state index contributed by atoms with van der Waals surface area (Å²) in [7, 11) is 0. The molecule has 0 radical (unpaired) electrons. The molecule has 0 aromatic carbocycles. The molecule has 2 rings (SSSR count). The first kappa shape index (κ1) is 9.04. The minimum Gasteiger partial charge on any atom is -0.478 e. The molecule has 2 aliphatic rings. The molecule has 74 valence electrons. The van der Waals surface area contributed by atoms with E-state index in [1.54, 1.807) is 0 Å². The molecule has 0 saturated heterocycles. The standard InChI is InChI=1S/C11H19NO/c1-2-10-8-13-11(12-10)9-6-4-3-5-7-9/h9-10H,2-8H2,1H3. The molecule has 1 saturated carbocycles. The molecule has 0 N–H and O–H groups in total. The van der Waals surface area contributed by atoms with Gasteiger partial charge in [-0.3, -0.25) is 0 Å². The topological polar surface area (TPSA) is 21.6 Å². The normalized spacial score (nSPS) is 29.9. The van der Waals surface area contributed by atoms with Crippen molar-refractivity contribution < 1.29 is 4.74 Å². The lowest BCUT2D eigenvalue weighted by Gasteiger charge is -2.20. The van der Waals surface area contributed by atoms with Gasteiger partial charge in [0.15, 0.2) is 5.90 Å². The third-order valence-corrected chi connectivity index (χ3v) is 3.16. The maximum absolute atomic E-state index is 5.65. The fourth-order valence-electron chi connectivity index (χ4n) is 2.22. The molecule has 2 heteroatoms. The highest BCUT2D eigenvalue weighted by Crippen LogP contribution is 2.27. The van der Waals surface area contributed by atoms with Crippen LogP contribution in [0.25, 0.3) is 0 Å². The summed E-state index contributed by atoms with van der Waals surface area (Å²) in [6, 6.07) is 0.455. The molecule has 1 aliphatic carbocycles. The van der Waals surface area contributed by atoms with Crippen LogP contribution in [-0.4, -0.2) is 18.5 Å². The number of nitrogens with zero attached hydrogens (tertiary/aromatic N) is 1. The summed E-state index contributed by atoms with van der Waals surface area (Å²) in [5.41, 5.74) is 0. The van der Waals surface area contributed by atoms with Crippen LogP contribution in [-0.2, 0) is 4.74 Å². The molecule has 2 nitrogen and oxygen atoms in total. The molecule has 1 atom stereocenters. The number of ether oxygens (including phenoxy) is 1. The van der Waals surface area contributed by atoms with E-state index in [1.807, 2.05) is 0 Å². The van der Waals surface area contributed by atoms with Crippen molar-refractivity contribution >= 4 is 5.90 Å². The minimum absolute atomic E-state index is 0.455. The lowest BCUT2D eigenvalue weighted by molar-refractivity contribution is 0.280. The van der Waals surface area contributed by atoms with Crippen molar-refractivity contribution in [2.45, 2.75) is 51.5 Å². The van der Waals surface area contributed by atoms with Crippen molar-refractivity contribution in [3.8, 4) is 0 Å². The van der Waals surface area contributed by atoms with E-state index in [4.69, 9.17) is 4.74 Å². The predicted octanol–water partition coefficient (Wildman–Crippen LogP) is 2.77. The van der Waals surface area contributed by atoms with Crippen LogP contribution in [0.15, 0.2) is 4.99 Å². The zero-order valence-electron chi connectivity index (χ0n) is 8.46. The van der Waals surface area contributed by atoms with Gasteiger partial charge in [-0.15, -0.1) is 0 Å². The Bertz CT molecular complexity index is 194. The summed E-state index contributed by atoms with van der Waals surface area (Å²) >= 11 is 0. The molecule has 1 aliphatic heterocycles. The molecule has 0 aromatic rings. The van der Waals surface area contributed by atoms with Crippen LogP contribution in [0.4, 0.5) is 0 Å². The summed E-state index contributed by atoms with van der Waals surface area (Å²) in [5.74, 6) is 1.73. The number of hydrogen-bond acceptors (Lipinski definition) is 2. The van der Waals surface area contributed by atoms with Gasteiger partial charge in [0.25, 0.3) is 0 Å². The summed E-state index contributed by atoms with van der Waals surface area (Å²) in [4.78, 5) is 4.62. The van der Waals surface area contributed by atoms with E-state index < -0.39 is 0 Å². The first-order valence-electron chi connectivity index (χ1n) is 5.60. The summed E-state index contributed by atoms with van der Waals surface area (Å²) < 4.78 is 5.65. The first-order chi connectivity index (χ1) is 6.40. The van der Waals surface area contributed by atoms with Crippen molar-refractivity contribution in [3.05, 3.63) is 0 Å². The molecular weight excluding hydrogens is 162 g/mol. The fourth-order valence-corrected chi connectivity index (χ4v) is 2.22. The molecule has 13 heavy (non-hydrogen) atoms. The Labute approximate surface area is 80.4 Å². The number of rotatable bonds is 2. The Morgan fingerprint density at radius 3 is 2.69 bits per heavy atom. The van der Waals surface area contributed by atoms with Crippen LogP contribution < -0.4 is 0 Å². The van der Waals surface area contributed by atoms with Gasteiger partial charge < -0.3 is 4.74 Å². The third-order valence-electron chi connectivity index (χ3n) is 3.16. The van der Waals surface area contributed by atoms with Crippen LogP contribution >= 0.6 is 0 Å². The van der Waals surface area contributed by atoms with Crippen molar-refractivity contribution in [1.82, 2.24) is 0 Å². The van der Waals surface area contributed by atoms with Crippen LogP contribution in [0.5, 0.6) is 0 Å². The average molecular weight is 181 g/mol. The smallest absolute Gasteiger partial charge is 0.186 e. The zero-order chi connectivity index (χ0) is 9.10. The molecule has 0 aromatic heterocycles. The van der Waals surface area contributed by atoms with Gasteiger partial charge in [-0.1, -0.05) is 26.2 Å². The van der Waals surface area contributed by atoms with Crippen molar-refractivity contribution in [2.75, 3.05) is 6.61 Å². The highest BCUT2D eigenvalue weighted by Gasteiger charge is 2.26. The maximum atomic E-state index is 5.65. The highest BCUT2D eigenvalue weighted by atomic mass is 16.5. The largest absolute Gasteiger partial charge is 0.478 e. The number of aliphatic imine (C=N–C) groups is 1. The molecule has 0 bridgehead atoms. The Morgan fingerprint density at radius 2 is 2.08 bits per heavy atom. The van der Waals surface area contributed by atoms with Crippen LogP contribution in [0.2, 0.25) is 0 Å². The van der Waals surface area contributed by atoms with E-state index >= 15 is 0 Å². The van der Waals surface area contributed by atoms with Gasteiger partial charge in [0.05, 0.1) is 6.04 Å². The SMILES string of the molecule is CCC1COC(C2CCCCC2)=N1. The van der Waals surface area contributed by atoms with Crippen LogP contribution in [0.3, 0.4) is 0 Å². The minimum atomic E-state index is 0.455. The lowest BCUT2D eigenvalue weighted by atomic mass is 9.89. The maximum Gasteiger partial charge on any atom is 0.186 e. The van der Waals surface area contributed by atoms with Gasteiger partial charge in [0.1, 0.15) is 6.61 Å². The van der Waals surface area contributed by atoms with E-state index in [-0.39, 0.29) is 0 Å². The molecule has 1 unspecified atom stereocenters. The monoisotopic (exact) mass is 181 g/mol. The third kappa shape index (κ3) is 2.04. The summed E-state index contributed by atoms with van der Waals surface area (Å²) in [6.07, 6.45) is 7.86. The quantitative estimate of drug-likeness (QED) is 0.642. The second-order valence-corrected chi connectivity index (χ2v) is 4.18. The summed E-state index contributed by atoms with van der Waals surface area (Å²) in [5, 5.41) is 0. The van der Waals surface area contributed by atoms with Gasteiger partial charge in [-0.05, 0) is 19.3 Å². The Balaban J connectivity index is 1.92. The second kappa shape index (κ2) is 4.12. The first-order valence-corrected chi connectivity index (χ1v) is 5.60. The molecule has 1 fully saturated rings. The van der Waals surface area contributed by atoms with Gasteiger partial charge in [0, 0.05) is 5.92 Å². The Morgan fingerprint density at radius 1 is 1.31 bits per heavy atom. The van der Waals surface area contributed by atoms with E-state index in [1.165, 1.54) is 32.1 Å². The van der Waals surface area contributed by atoms with E-state index in [9.17, 15) is 0 Å². The average Bonchev–Trinajstić information content (AvgIpc) is 2.67. The fraction of sp³-hybridized carbons (Fsp3) is 0.909. The number of hydrogen-bond donors (Lipinski definition) is 0. The molecular formula is C11H19NO. The van der Waals surface area contributed by atoms with Crippen molar-refractivity contribution in [3.63, 3.8) is 0 Å². The molecule has 0 amide bonds. The van der Waals surface area contributed by atoms with Gasteiger partial charge in [-0.2, -0.15) is 0 Å². The Kier molecular flexibility index (Phi) is 2.87. The Hall–Kier alpha value is -0.530. The van der Waals surface area contributed by atoms with E-state index in [0.717, 1.165) is 18.9 Å². The van der Waals surface area contributed by atoms with Gasteiger partial charge in [0.2, 0.25) is 0 Å². The molecule has 0 spiro atoms. The van der Waals surface area contributed by atoms with Crippen LogP contribution in [0.1, 0.15) is 45.4 Å². The molecule has 1 heterocycles. The zero-order valence-corrected chi connectivity index (χ0v) is 8.46. The van der Waals surface area contributed by atoms with Gasteiger partial charge in [-0.25, -0.2) is 4.99 Å². The lowest BCUT2D eigenvalue weighted by Crippen LogP contribution is -2.17. The van der Waals surface area contributed by atoms with Crippen molar-refractivity contribution in [2.24, 2.45) is 10.9 Å². The predicted molar refractivity (Wildman–Crippen MR) is 54.0 cm³/mol. The van der Waals surface area contributed by atoms with E-state index in [0.29, 0.717) is 12.0 Å².